The zero-order valence-corrected chi connectivity index (χ0v) is 14.3. The van der Waals surface area contributed by atoms with E-state index in [9.17, 15) is 18.5 Å². The summed E-state index contributed by atoms with van der Waals surface area (Å²) in [6.45, 7) is 2.65. The minimum absolute atomic E-state index is 0.0541. The summed E-state index contributed by atoms with van der Waals surface area (Å²) >= 11 is 0. The van der Waals surface area contributed by atoms with Crippen LogP contribution in [0.2, 0.25) is 0 Å². The van der Waals surface area contributed by atoms with Crippen molar-refractivity contribution in [3.8, 4) is 11.8 Å². The Morgan fingerprint density at radius 3 is 2.67 bits per heavy atom. The zero-order chi connectivity index (χ0) is 17.6. The van der Waals surface area contributed by atoms with Gasteiger partial charge in [-0.3, -0.25) is 4.79 Å². The normalized spacial score (nSPS) is 19.5. The summed E-state index contributed by atoms with van der Waals surface area (Å²) in [5, 5.41) is 11.8. The second-order valence-electron chi connectivity index (χ2n) is 5.66. The van der Waals surface area contributed by atoms with Gasteiger partial charge in [0.15, 0.2) is 9.84 Å². The standard InChI is InChI=1S/C17H20N2O4S/c1-2-8-23-16-5-3-13(4-6-16)10-14(11-18)17(20)19-15-7-9-24(21,22)12-15/h3-6,10,15H,2,7-9,12H2,1H3,(H,19,20)/b14-10+/t15-/m1/s1. The summed E-state index contributed by atoms with van der Waals surface area (Å²) in [5.74, 6) is 0.183. The summed E-state index contributed by atoms with van der Waals surface area (Å²) in [6.07, 6.45) is 2.77. The Morgan fingerprint density at radius 1 is 1.42 bits per heavy atom. The molecule has 1 N–H and O–H groups in total. The Labute approximate surface area is 142 Å². The van der Waals surface area contributed by atoms with Gasteiger partial charge in [-0.15, -0.1) is 0 Å². The molecule has 1 aliphatic rings. The van der Waals surface area contributed by atoms with E-state index in [1.165, 1.54) is 6.08 Å². The minimum atomic E-state index is -3.08. The molecule has 0 aliphatic carbocycles. The number of benzene rings is 1. The number of carbonyl (C=O) groups is 1. The van der Waals surface area contributed by atoms with Gasteiger partial charge in [-0.2, -0.15) is 5.26 Å². The van der Waals surface area contributed by atoms with Crippen molar-refractivity contribution < 1.29 is 17.9 Å². The van der Waals surface area contributed by atoms with Gasteiger partial charge in [0, 0.05) is 6.04 Å². The summed E-state index contributed by atoms with van der Waals surface area (Å²) in [7, 11) is -3.08. The molecule has 0 bridgehead atoms. The molecule has 1 saturated heterocycles. The number of rotatable bonds is 6. The lowest BCUT2D eigenvalue weighted by molar-refractivity contribution is -0.117. The van der Waals surface area contributed by atoms with Crippen molar-refractivity contribution in [3.05, 3.63) is 35.4 Å². The third-order valence-corrected chi connectivity index (χ3v) is 5.36. The summed E-state index contributed by atoms with van der Waals surface area (Å²) in [6, 6.07) is 8.51. The van der Waals surface area contributed by atoms with E-state index >= 15 is 0 Å². The molecule has 128 valence electrons. The average Bonchev–Trinajstić information content (AvgIpc) is 2.90. The number of sulfone groups is 1. The van der Waals surface area contributed by atoms with Gasteiger partial charge >= 0.3 is 0 Å². The van der Waals surface area contributed by atoms with Crippen molar-refractivity contribution in [1.29, 1.82) is 5.26 Å². The topological polar surface area (TPSA) is 96.3 Å². The van der Waals surface area contributed by atoms with Crippen molar-refractivity contribution >= 4 is 21.8 Å². The predicted molar refractivity (Wildman–Crippen MR) is 91.0 cm³/mol. The van der Waals surface area contributed by atoms with Crippen LogP contribution in [0.25, 0.3) is 6.08 Å². The molecule has 1 aliphatic heterocycles. The highest BCUT2D eigenvalue weighted by atomic mass is 32.2. The largest absolute Gasteiger partial charge is 0.494 e. The monoisotopic (exact) mass is 348 g/mol. The molecular formula is C17H20N2O4S. The maximum atomic E-state index is 12.1. The summed E-state index contributed by atoms with van der Waals surface area (Å²) in [4.78, 5) is 12.1. The first-order valence-electron chi connectivity index (χ1n) is 7.79. The van der Waals surface area contributed by atoms with Crippen LogP contribution in [-0.4, -0.2) is 38.5 Å². The van der Waals surface area contributed by atoms with Crippen LogP contribution in [0, 0.1) is 11.3 Å². The molecule has 1 amide bonds. The van der Waals surface area contributed by atoms with Gasteiger partial charge in [-0.05, 0) is 36.6 Å². The van der Waals surface area contributed by atoms with Gasteiger partial charge in [-0.1, -0.05) is 19.1 Å². The Balaban J connectivity index is 2.03. The Morgan fingerprint density at radius 2 is 2.12 bits per heavy atom. The van der Waals surface area contributed by atoms with Crippen LogP contribution < -0.4 is 10.1 Å². The smallest absolute Gasteiger partial charge is 0.262 e. The number of hydrogen-bond donors (Lipinski definition) is 1. The van der Waals surface area contributed by atoms with Gasteiger partial charge < -0.3 is 10.1 Å². The van der Waals surface area contributed by atoms with Crippen LogP contribution in [0.3, 0.4) is 0 Å². The molecule has 1 heterocycles. The highest BCUT2D eigenvalue weighted by molar-refractivity contribution is 7.91. The van der Waals surface area contributed by atoms with E-state index in [-0.39, 0.29) is 17.1 Å². The highest BCUT2D eigenvalue weighted by Crippen LogP contribution is 2.16. The number of nitrogens with zero attached hydrogens (tertiary/aromatic N) is 1. The number of carbonyl (C=O) groups excluding carboxylic acids is 1. The van der Waals surface area contributed by atoms with Gasteiger partial charge in [0.25, 0.3) is 5.91 Å². The van der Waals surface area contributed by atoms with E-state index in [2.05, 4.69) is 5.32 Å². The Bertz CT molecular complexity index is 761. The van der Waals surface area contributed by atoms with Crippen LogP contribution >= 0.6 is 0 Å². The van der Waals surface area contributed by atoms with Crippen LogP contribution in [0.5, 0.6) is 5.75 Å². The lowest BCUT2D eigenvalue weighted by Gasteiger charge is -2.10. The molecule has 24 heavy (non-hydrogen) atoms. The molecule has 0 aromatic heterocycles. The molecule has 1 aromatic rings. The fourth-order valence-electron chi connectivity index (χ4n) is 2.37. The Hall–Kier alpha value is -2.33. The van der Waals surface area contributed by atoms with E-state index in [0.29, 0.717) is 18.6 Å². The van der Waals surface area contributed by atoms with E-state index < -0.39 is 21.8 Å². The number of nitrogens with one attached hydrogen (secondary N) is 1. The molecule has 1 fully saturated rings. The first-order valence-corrected chi connectivity index (χ1v) is 9.61. The molecule has 0 unspecified atom stereocenters. The third kappa shape index (κ3) is 5.10. The Kier molecular flexibility index (Phi) is 5.99. The first kappa shape index (κ1) is 18.0. The molecule has 7 heteroatoms. The predicted octanol–water partition coefficient (Wildman–Crippen LogP) is 1.69. The van der Waals surface area contributed by atoms with Crippen molar-refractivity contribution in [1.82, 2.24) is 5.32 Å². The second kappa shape index (κ2) is 7.97. The highest BCUT2D eigenvalue weighted by Gasteiger charge is 2.29. The molecule has 6 nitrogen and oxygen atoms in total. The van der Waals surface area contributed by atoms with Crippen molar-refractivity contribution in [2.24, 2.45) is 0 Å². The van der Waals surface area contributed by atoms with Gasteiger partial charge in [0.1, 0.15) is 17.4 Å². The van der Waals surface area contributed by atoms with E-state index in [4.69, 9.17) is 4.74 Å². The van der Waals surface area contributed by atoms with Crippen LogP contribution in [0.4, 0.5) is 0 Å². The quantitative estimate of drug-likeness (QED) is 0.623. The molecule has 2 rings (SSSR count). The van der Waals surface area contributed by atoms with Gasteiger partial charge in [-0.25, -0.2) is 8.42 Å². The summed E-state index contributed by atoms with van der Waals surface area (Å²) < 4.78 is 28.3. The number of nitriles is 1. The molecule has 0 radical (unpaired) electrons. The minimum Gasteiger partial charge on any atom is -0.494 e. The lowest BCUT2D eigenvalue weighted by atomic mass is 10.1. The van der Waals surface area contributed by atoms with Crippen LogP contribution in [-0.2, 0) is 14.6 Å². The third-order valence-electron chi connectivity index (χ3n) is 3.60. The summed E-state index contributed by atoms with van der Waals surface area (Å²) in [5.41, 5.74) is 0.645. The maximum absolute atomic E-state index is 12.1. The fourth-order valence-corrected chi connectivity index (χ4v) is 4.04. The number of amides is 1. The molecule has 1 atom stereocenters. The maximum Gasteiger partial charge on any atom is 0.262 e. The SMILES string of the molecule is CCCOc1ccc(/C=C(\C#N)C(=O)N[C@@H]2CCS(=O)(=O)C2)cc1. The average molecular weight is 348 g/mol. The zero-order valence-electron chi connectivity index (χ0n) is 13.5. The molecule has 1 aromatic carbocycles. The van der Waals surface area contributed by atoms with Crippen molar-refractivity contribution in [2.75, 3.05) is 18.1 Å². The molecule has 0 saturated carbocycles. The van der Waals surface area contributed by atoms with E-state index in [1.54, 1.807) is 24.3 Å². The number of ether oxygens (including phenoxy) is 1. The van der Waals surface area contributed by atoms with Gasteiger partial charge in [0.2, 0.25) is 0 Å². The molecular weight excluding hydrogens is 328 g/mol. The first-order chi connectivity index (χ1) is 11.4. The van der Waals surface area contributed by atoms with E-state index in [0.717, 1.165) is 12.2 Å². The molecule has 0 spiro atoms. The van der Waals surface area contributed by atoms with Crippen molar-refractivity contribution in [2.45, 2.75) is 25.8 Å². The van der Waals surface area contributed by atoms with Crippen molar-refractivity contribution in [3.63, 3.8) is 0 Å². The lowest BCUT2D eigenvalue weighted by Crippen LogP contribution is -2.36. The number of hydrogen-bond acceptors (Lipinski definition) is 5. The van der Waals surface area contributed by atoms with Crippen LogP contribution in [0.15, 0.2) is 29.8 Å². The van der Waals surface area contributed by atoms with E-state index in [1.807, 2.05) is 13.0 Å². The second-order valence-corrected chi connectivity index (χ2v) is 7.89. The fraction of sp³-hybridized carbons (Fsp3) is 0.412. The van der Waals surface area contributed by atoms with Gasteiger partial charge in [0.05, 0.1) is 18.1 Å². The van der Waals surface area contributed by atoms with Crippen LogP contribution in [0.1, 0.15) is 25.3 Å².